The van der Waals surface area contributed by atoms with Gasteiger partial charge in [0.05, 0.1) is 24.3 Å². The average Bonchev–Trinajstić information content (AvgIpc) is 3.27. The van der Waals surface area contributed by atoms with Gasteiger partial charge in [0, 0.05) is 20.9 Å². The van der Waals surface area contributed by atoms with Crippen molar-refractivity contribution in [3.8, 4) is 0 Å². The average molecular weight is 529 g/mol. The molecular weight excluding hydrogens is 500 g/mol. The smallest absolute Gasteiger partial charge is 0.341 e. The monoisotopic (exact) mass is 528 g/mol. The normalized spacial score (nSPS) is 10.6. The highest BCUT2D eigenvalue weighted by molar-refractivity contribution is 7.17. The summed E-state index contributed by atoms with van der Waals surface area (Å²) in [5, 5.41) is 6.35. The second-order valence-electron chi connectivity index (χ2n) is 7.90. The molecule has 1 aromatic carbocycles. The fourth-order valence-corrected chi connectivity index (χ4v) is 5.57. The first kappa shape index (κ1) is 27.1. The molecule has 3 aromatic rings. The molecule has 0 unspecified atom stereocenters. The Morgan fingerprint density at radius 1 is 0.722 bits per heavy atom. The Bertz CT molecular complexity index is 1240. The van der Waals surface area contributed by atoms with Gasteiger partial charge in [0.1, 0.15) is 10.0 Å². The summed E-state index contributed by atoms with van der Waals surface area (Å²) in [5.74, 6) is -1.93. The van der Waals surface area contributed by atoms with Gasteiger partial charge < -0.3 is 20.1 Å². The van der Waals surface area contributed by atoms with Crippen LogP contribution in [0.3, 0.4) is 0 Å². The summed E-state index contributed by atoms with van der Waals surface area (Å²) in [7, 11) is 0. The van der Waals surface area contributed by atoms with Gasteiger partial charge in [-0.25, -0.2) is 9.59 Å². The minimum absolute atomic E-state index is 0.221. The van der Waals surface area contributed by atoms with Gasteiger partial charge in [-0.05, 0) is 70.9 Å². The topological polar surface area (TPSA) is 111 Å². The van der Waals surface area contributed by atoms with Crippen LogP contribution in [0.25, 0.3) is 0 Å². The largest absolute Gasteiger partial charge is 0.462 e. The molecule has 0 aliphatic carbocycles. The van der Waals surface area contributed by atoms with Gasteiger partial charge in [-0.3, -0.25) is 9.59 Å². The van der Waals surface area contributed by atoms with E-state index in [1.807, 2.05) is 13.8 Å². The molecule has 2 amide bonds. The molecule has 2 aromatic heterocycles. The van der Waals surface area contributed by atoms with Crippen LogP contribution in [-0.4, -0.2) is 37.0 Å². The second-order valence-corrected chi connectivity index (χ2v) is 10.4. The highest BCUT2D eigenvalue weighted by Gasteiger charge is 2.24. The summed E-state index contributed by atoms with van der Waals surface area (Å²) < 4.78 is 10.3. The standard InChI is InChI=1S/C26H28N2O6S2/c1-7-33-25(31)19-13(3)15(5)35-23(19)27-21(29)17-10-9-11-18(12-17)22(30)28-24-20(26(32)34-8-2)14(4)16(6)36-24/h9-12H,7-8H2,1-6H3,(H,27,29)(H,28,30). The van der Waals surface area contributed by atoms with Crippen LogP contribution in [0.2, 0.25) is 0 Å². The first-order chi connectivity index (χ1) is 17.1. The van der Waals surface area contributed by atoms with E-state index >= 15 is 0 Å². The van der Waals surface area contributed by atoms with Crippen molar-refractivity contribution in [3.05, 3.63) is 67.4 Å². The Morgan fingerprint density at radius 2 is 1.11 bits per heavy atom. The number of aryl methyl sites for hydroxylation is 2. The number of rotatable bonds is 8. The SMILES string of the molecule is CCOC(=O)c1c(NC(=O)c2cccc(C(=O)Nc3sc(C)c(C)c3C(=O)OCC)c2)sc(C)c1C. The zero-order valence-electron chi connectivity index (χ0n) is 21.0. The molecule has 0 saturated heterocycles. The van der Waals surface area contributed by atoms with Crippen molar-refractivity contribution in [2.45, 2.75) is 41.5 Å². The van der Waals surface area contributed by atoms with Crippen LogP contribution in [0, 0.1) is 27.7 Å². The van der Waals surface area contributed by atoms with Gasteiger partial charge >= 0.3 is 11.9 Å². The number of hydrogen-bond acceptors (Lipinski definition) is 8. The number of nitrogens with one attached hydrogen (secondary N) is 2. The fourth-order valence-electron chi connectivity index (χ4n) is 3.48. The number of amides is 2. The predicted molar refractivity (Wildman–Crippen MR) is 142 cm³/mol. The molecule has 190 valence electrons. The molecule has 0 bridgehead atoms. The molecule has 10 heteroatoms. The van der Waals surface area contributed by atoms with E-state index in [4.69, 9.17) is 9.47 Å². The zero-order valence-corrected chi connectivity index (χ0v) is 22.6. The van der Waals surface area contributed by atoms with Crippen LogP contribution in [0.15, 0.2) is 24.3 Å². The van der Waals surface area contributed by atoms with Crippen LogP contribution in [-0.2, 0) is 9.47 Å². The minimum Gasteiger partial charge on any atom is -0.462 e. The van der Waals surface area contributed by atoms with E-state index in [0.717, 1.165) is 20.9 Å². The predicted octanol–water partition coefficient (Wildman–Crippen LogP) is 5.90. The van der Waals surface area contributed by atoms with Crippen molar-refractivity contribution in [2.24, 2.45) is 0 Å². The maximum atomic E-state index is 13.0. The molecule has 0 atom stereocenters. The zero-order chi connectivity index (χ0) is 26.6. The van der Waals surface area contributed by atoms with Crippen molar-refractivity contribution >= 4 is 56.4 Å². The van der Waals surface area contributed by atoms with Crippen molar-refractivity contribution < 1.29 is 28.7 Å². The summed E-state index contributed by atoms with van der Waals surface area (Å²) in [6.45, 7) is 11.2. The van der Waals surface area contributed by atoms with Crippen LogP contribution < -0.4 is 10.6 Å². The molecule has 8 nitrogen and oxygen atoms in total. The maximum absolute atomic E-state index is 13.0. The summed E-state index contributed by atoms with van der Waals surface area (Å²) in [5.41, 5.74) is 2.64. The Morgan fingerprint density at radius 3 is 1.47 bits per heavy atom. The Hall–Kier alpha value is -3.50. The highest BCUT2D eigenvalue weighted by atomic mass is 32.1. The molecule has 2 heterocycles. The Kier molecular flexibility index (Phi) is 8.65. The van der Waals surface area contributed by atoms with E-state index in [2.05, 4.69) is 10.6 Å². The number of anilines is 2. The van der Waals surface area contributed by atoms with Crippen LogP contribution in [0.5, 0.6) is 0 Å². The lowest BCUT2D eigenvalue weighted by Gasteiger charge is -2.09. The Balaban J connectivity index is 1.84. The van der Waals surface area contributed by atoms with E-state index in [1.54, 1.807) is 45.9 Å². The molecule has 2 N–H and O–H groups in total. The number of carbonyl (C=O) groups excluding carboxylic acids is 4. The number of hydrogen-bond donors (Lipinski definition) is 2. The van der Waals surface area contributed by atoms with Crippen molar-refractivity contribution in [2.75, 3.05) is 23.8 Å². The first-order valence-corrected chi connectivity index (χ1v) is 13.0. The number of ether oxygens (including phenoxy) is 2. The summed E-state index contributed by atoms with van der Waals surface area (Å²) >= 11 is 2.58. The Labute approximate surface area is 217 Å². The molecule has 0 saturated carbocycles. The highest BCUT2D eigenvalue weighted by Crippen LogP contribution is 2.34. The molecule has 3 rings (SSSR count). The minimum atomic E-state index is -0.498. The number of esters is 2. The van der Waals surface area contributed by atoms with Gasteiger partial charge in [0.15, 0.2) is 0 Å². The summed E-state index contributed by atoms with van der Waals surface area (Å²) in [6.07, 6.45) is 0. The van der Waals surface area contributed by atoms with E-state index in [1.165, 1.54) is 28.7 Å². The lowest BCUT2D eigenvalue weighted by atomic mass is 10.1. The number of thiophene rings is 2. The number of benzene rings is 1. The molecule has 36 heavy (non-hydrogen) atoms. The molecular formula is C26H28N2O6S2. The molecule has 0 aliphatic rings. The van der Waals surface area contributed by atoms with Crippen molar-refractivity contribution in [1.29, 1.82) is 0 Å². The third-order valence-electron chi connectivity index (χ3n) is 5.57. The van der Waals surface area contributed by atoms with E-state index in [9.17, 15) is 19.2 Å². The first-order valence-electron chi connectivity index (χ1n) is 11.4. The van der Waals surface area contributed by atoms with Gasteiger partial charge in [0.2, 0.25) is 0 Å². The van der Waals surface area contributed by atoms with Crippen molar-refractivity contribution in [3.63, 3.8) is 0 Å². The quantitative estimate of drug-likeness (QED) is 0.352. The van der Waals surface area contributed by atoms with E-state index in [-0.39, 0.29) is 24.3 Å². The van der Waals surface area contributed by atoms with Crippen LogP contribution in [0.1, 0.15) is 76.2 Å². The van der Waals surface area contributed by atoms with Crippen LogP contribution in [0.4, 0.5) is 10.0 Å². The third kappa shape index (κ3) is 5.66. The van der Waals surface area contributed by atoms with Gasteiger partial charge in [-0.1, -0.05) is 6.07 Å². The molecule has 0 fully saturated rings. The summed E-state index contributed by atoms with van der Waals surface area (Å²) in [6, 6.07) is 6.21. The molecule has 0 aliphatic heterocycles. The maximum Gasteiger partial charge on any atom is 0.341 e. The fraction of sp³-hybridized carbons (Fsp3) is 0.308. The molecule has 0 radical (unpaired) electrons. The van der Waals surface area contributed by atoms with Gasteiger partial charge in [-0.2, -0.15) is 0 Å². The van der Waals surface area contributed by atoms with E-state index < -0.39 is 23.8 Å². The second kappa shape index (κ2) is 11.5. The molecule has 0 spiro atoms. The van der Waals surface area contributed by atoms with E-state index in [0.29, 0.717) is 21.1 Å². The summed E-state index contributed by atoms with van der Waals surface area (Å²) in [4.78, 5) is 52.7. The van der Waals surface area contributed by atoms with Crippen LogP contribution >= 0.6 is 22.7 Å². The van der Waals surface area contributed by atoms with Crippen molar-refractivity contribution in [1.82, 2.24) is 0 Å². The van der Waals surface area contributed by atoms with Gasteiger partial charge in [0.25, 0.3) is 11.8 Å². The number of carbonyl (C=O) groups is 4. The lowest BCUT2D eigenvalue weighted by molar-refractivity contribution is 0.0517. The third-order valence-corrected chi connectivity index (χ3v) is 7.82. The van der Waals surface area contributed by atoms with Gasteiger partial charge in [-0.15, -0.1) is 22.7 Å². The lowest BCUT2D eigenvalue weighted by Crippen LogP contribution is -2.17.